The molecule has 0 aromatic heterocycles. The second-order valence-electron chi connectivity index (χ2n) is 6.17. The summed E-state index contributed by atoms with van der Waals surface area (Å²) in [5, 5.41) is 12.4. The molecule has 2 amide bonds. The molecule has 1 saturated heterocycles. The molecule has 2 saturated carbocycles. The first-order valence-electron chi connectivity index (χ1n) is 6.95. The molecule has 0 aromatic rings. The van der Waals surface area contributed by atoms with Gasteiger partial charge in [0.2, 0.25) is 0 Å². The monoisotopic (exact) mass is 284 g/mol. The highest BCUT2D eigenvalue weighted by Gasteiger charge is 2.49. The number of thioether (sulfide) groups is 1. The molecule has 3 rings (SSSR count). The van der Waals surface area contributed by atoms with E-state index in [-0.39, 0.29) is 16.9 Å². The van der Waals surface area contributed by atoms with Crippen molar-refractivity contribution in [3.8, 4) is 0 Å². The van der Waals surface area contributed by atoms with Crippen LogP contribution >= 0.6 is 11.8 Å². The van der Waals surface area contributed by atoms with Gasteiger partial charge in [-0.05, 0) is 44.9 Å². The van der Waals surface area contributed by atoms with Crippen LogP contribution in [0.15, 0.2) is 0 Å². The van der Waals surface area contributed by atoms with E-state index in [4.69, 9.17) is 0 Å². The third-order valence-electron chi connectivity index (χ3n) is 4.45. The zero-order chi connectivity index (χ0) is 13.6. The van der Waals surface area contributed by atoms with Gasteiger partial charge in [-0.1, -0.05) is 0 Å². The molecular formula is C13H20N2O3S. The Labute approximate surface area is 117 Å². The van der Waals surface area contributed by atoms with E-state index >= 15 is 0 Å². The van der Waals surface area contributed by atoms with Crippen LogP contribution in [0.5, 0.6) is 0 Å². The number of hydrogen-bond acceptors (Lipinski definition) is 3. The zero-order valence-electron chi connectivity index (χ0n) is 11.1. The molecule has 0 bridgehead atoms. The first-order chi connectivity index (χ1) is 9.00. The second kappa shape index (κ2) is 4.58. The maximum Gasteiger partial charge on any atom is 0.327 e. The van der Waals surface area contributed by atoms with Crippen molar-refractivity contribution in [3.05, 3.63) is 0 Å². The SMILES string of the molecule is CC1(NC(=O)N2C(C(=O)O)CSC2C2CC2)CCC1. The number of carboxylic acid groups (broad SMARTS) is 1. The summed E-state index contributed by atoms with van der Waals surface area (Å²) in [4.78, 5) is 25.4. The van der Waals surface area contributed by atoms with Crippen LogP contribution in [-0.2, 0) is 4.79 Å². The first-order valence-corrected chi connectivity index (χ1v) is 8.00. The van der Waals surface area contributed by atoms with E-state index in [0.29, 0.717) is 11.7 Å². The molecule has 2 unspecified atom stereocenters. The zero-order valence-corrected chi connectivity index (χ0v) is 11.9. The molecule has 0 radical (unpaired) electrons. The minimum Gasteiger partial charge on any atom is -0.480 e. The minimum atomic E-state index is -0.885. The molecule has 5 nitrogen and oxygen atoms in total. The van der Waals surface area contributed by atoms with Crippen molar-refractivity contribution in [1.82, 2.24) is 10.2 Å². The van der Waals surface area contributed by atoms with Crippen LogP contribution in [0, 0.1) is 5.92 Å². The van der Waals surface area contributed by atoms with Crippen molar-refractivity contribution in [1.29, 1.82) is 0 Å². The third kappa shape index (κ3) is 2.42. The highest BCUT2D eigenvalue weighted by molar-refractivity contribution is 8.00. The van der Waals surface area contributed by atoms with Gasteiger partial charge in [0.05, 0.1) is 5.37 Å². The van der Waals surface area contributed by atoms with Crippen molar-refractivity contribution in [2.75, 3.05) is 5.75 Å². The Balaban J connectivity index is 1.73. The largest absolute Gasteiger partial charge is 0.480 e. The molecule has 19 heavy (non-hydrogen) atoms. The van der Waals surface area contributed by atoms with Gasteiger partial charge in [0.15, 0.2) is 0 Å². The number of carboxylic acids is 1. The fourth-order valence-corrected chi connectivity index (χ4v) is 4.50. The number of nitrogens with one attached hydrogen (secondary N) is 1. The molecule has 6 heteroatoms. The molecular weight excluding hydrogens is 264 g/mol. The molecule has 2 atom stereocenters. The summed E-state index contributed by atoms with van der Waals surface area (Å²) in [5.74, 6) is 0.125. The van der Waals surface area contributed by atoms with Crippen LogP contribution < -0.4 is 5.32 Å². The molecule has 3 aliphatic rings. The maximum atomic E-state index is 12.4. The number of carbonyl (C=O) groups excluding carboxylic acids is 1. The van der Waals surface area contributed by atoms with Gasteiger partial charge in [-0.2, -0.15) is 0 Å². The molecule has 1 aliphatic heterocycles. The lowest BCUT2D eigenvalue weighted by molar-refractivity contribution is -0.141. The lowest BCUT2D eigenvalue weighted by Crippen LogP contribution is -2.58. The Morgan fingerprint density at radius 1 is 1.37 bits per heavy atom. The normalized spacial score (nSPS) is 32.8. The summed E-state index contributed by atoms with van der Waals surface area (Å²) in [5.41, 5.74) is -0.124. The number of urea groups is 1. The van der Waals surface area contributed by atoms with Crippen molar-refractivity contribution >= 4 is 23.8 Å². The van der Waals surface area contributed by atoms with Crippen LogP contribution in [0.1, 0.15) is 39.0 Å². The minimum absolute atomic E-state index is 0.0600. The van der Waals surface area contributed by atoms with Crippen molar-refractivity contribution < 1.29 is 14.7 Å². The molecule has 0 spiro atoms. The number of hydrogen-bond donors (Lipinski definition) is 2. The summed E-state index contributed by atoms with van der Waals surface area (Å²) >= 11 is 1.62. The van der Waals surface area contributed by atoms with Crippen LogP contribution in [-0.4, -0.2) is 44.7 Å². The quantitative estimate of drug-likeness (QED) is 0.830. The number of carbonyl (C=O) groups is 2. The average Bonchev–Trinajstić information content (AvgIpc) is 3.05. The first kappa shape index (κ1) is 13.1. The van der Waals surface area contributed by atoms with Gasteiger partial charge in [-0.25, -0.2) is 9.59 Å². The second-order valence-corrected chi connectivity index (χ2v) is 7.32. The standard InChI is InChI=1S/C13H20N2O3S/c1-13(5-2-6-13)14-12(18)15-9(11(16)17)7-19-10(15)8-3-4-8/h8-10H,2-7H2,1H3,(H,14,18)(H,16,17). The van der Waals surface area contributed by atoms with Crippen molar-refractivity contribution in [2.45, 2.75) is 56.0 Å². The van der Waals surface area contributed by atoms with Crippen LogP contribution in [0.25, 0.3) is 0 Å². The number of rotatable bonds is 3. The summed E-state index contributed by atoms with van der Waals surface area (Å²) in [6.07, 6.45) is 5.35. The topological polar surface area (TPSA) is 69.6 Å². The lowest BCUT2D eigenvalue weighted by atomic mass is 9.79. The van der Waals surface area contributed by atoms with E-state index in [1.54, 1.807) is 16.7 Å². The van der Waals surface area contributed by atoms with E-state index in [9.17, 15) is 14.7 Å². The molecule has 3 fully saturated rings. The lowest BCUT2D eigenvalue weighted by Gasteiger charge is -2.41. The van der Waals surface area contributed by atoms with Crippen molar-refractivity contribution in [3.63, 3.8) is 0 Å². The molecule has 2 aliphatic carbocycles. The Morgan fingerprint density at radius 3 is 2.53 bits per heavy atom. The Kier molecular flexibility index (Phi) is 3.15. The van der Waals surface area contributed by atoms with Gasteiger partial charge in [0.1, 0.15) is 6.04 Å². The van der Waals surface area contributed by atoms with Gasteiger partial charge >= 0.3 is 12.0 Å². The highest BCUT2D eigenvalue weighted by atomic mass is 32.2. The van der Waals surface area contributed by atoms with Gasteiger partial charge in [-0.3, -0.25) is 4.90 Å². The third-order valence-corrected chi connectivity index (χ3v) is 5.91. The van der Waals surface area contributed by atoms with E-state index in [0.717, 1.165) is 32.1 Å². The fourth-order valence-electron chi connectivity index (χ4n) is 2.87. The van der Waals surface area contributed by atoms with Gasteiger partial charge < -0.3 is 10.4 Å². The summed E-state index contributed by atoms with van der Waals surface area (Å²) < 4.78 is 0. The molecule has 2 N–H and O–H groups in total. The van der Waals surface area contributed by atoms with E-state index in [1.165, 1.54) is 0 Å². The van der Waals surface area contributed by atoms with E-state index in [1.807, 2.05) is 6.92 Å². The van der Waals surface area contributed by atoms with Crippen LogP contribution in [0.2, 0.25) is 0 Å². The fraction of sp³-hybridized carbons (Fsp3) is 0.846. The predicted octanol–water partition coefficient (Wildman–Crippen LogP) is 1.88. The summed E-state index contributed by atoms with van der Waals surface area (Å²) in [7, 11) is 0. The molecule has 106 valence electrons. The predicted molar refractivity (Wildman–Crippen MR) is 73.0 cm³/mol. The molecule has 1 heterocycles. The Hall–Kier alpha value is -0.910. The van der Waals surface area contributed by atoms with Crippen LogP contribution in [0.4, 0.5) is 4.79 Å². The van der Waals surface area contributed by atoms with E-state index in [2.05, 4.69) is 5.32 Å². The van der Waals surface area contributed by atoms with E-state index < -0.39 is 12.0 Å². The number of aliphatic carboxylic acids is 1. The van der Waals surface area contributed by atoms with Gasteiger partial charge in [-0.15, -0.1) is 11.8 Å². The summed E-state index contributed by atoms with van der Waals surface area (Å²) in [6, 6.07) is -0.851. The average molecular weight is 284 g/mol. The Morgan fingerprint density at radius 2 is 2.05 bits per heavy atom. The highest BCUT2D eigenvalue weighted by Crippen LogP contribution is 2.45. The van der Waals surface area contributed by atoms with Gasteiger partial charge in [0.25, 0.3) is 0 Å². The smallest absolute Gasteiger partial charge is 0.327 e. The summed E-state index contributed by atoms with van der Waals surface area (Å²) in [6.45, 7) is 2.04. The van der Waals surface area contributed by atoms with Gasteiger partial charge in [0, 0.05) is 11.3 Å². The maximum absolute atomic E-state index is 12.4. The number of amides is 2. The molecule has 0 aromatic carbocycles. The number of nitrogens with zero attached hydrogens (tertiary/aromatic N) is 1. The Bertz CT molecular complexity index is 407. The van der Waals surface area contributed by atoms with Crippen LogP contribution in [0.3, 0.4) is 0 Å². The van der Waals surface area contributed by atoms with Crippen molar-refractivity contribution in [2.24, 2.45) is 5.92 Å².